The fourth-order valence-corrected chi connectivity index (χ4v) is 2.37. The molecule has 0 radical (unpaired) electrons. The molecule has 0 saturated heterocycles. The van der Waals surface area contributed by atoms with Gasteiger partial charge in [0.05, 0.1) is 32.4 Å². The molecule has 7 nitrogen and oxygen atoms in total. The first kappa shape index (κ1) is 12.5. The topological polar surface area (TPSA) is 85.2 Å². The van der Waals surface area contributed by atoms with Crippen LogP contribution in [0.3, 0.4) is 0 Å². The van der Waals surface area contributed by atoms with Gasteiger partial charge in [-0.2, -0.15) is 9.61 Å². The summed E-state index contributed by atoms with van der Waals surface area (Å²) < 4.78 is 5.40. The minimum Gasteiger partial charge on any atom is -0.493 e. The van der Waals surface area contributed by atoms with Crippen molar-refractivity contribution in [1.29, 1.82) is 0 Å². The Bertz CT molecular complexity index is 781. The summed E-state index contributed by atoms with van der Waals surface area (Å²) >= 11 is 0. The standard InChI is InChI=1S/C13H16N6O/c1-8-9(6-11-17(2)4-5-18(11)3)13(20)19-12(16-8)10(14)7-15-19/h4-5,7H,6,14H2,1-3H3/p+1. The molecule has 0 fully saturated rings. The Morgan fingerprint density at radius 3 is 2.85 bits per heavy atom. The normalized spacial score (nSPS) is 11.3. The monoisotopic (exact) mass is 273 g/mol. The number of nitrogens with two attached hydrogens (primary N) is 1. The molecule has 0 atom stereocenters. The van der Waals surface area contributed by atoms with Crippen LogP contribution in [0.25, 0.3) is 5.65 Å². The lowest BCUT2D eigenvalue weighted by Crippen LogP contribution is -2.32. The predicted octanol–water partition coefficient (Wildman–Crippen LogP) is 0.0793. The van der Waals surface area contributed by atoms with Crippen LogP contribution in [0.2, 0.25) is 0 Å². The van der Waals surface area contributed by atoms with Gasteiger partial charge in [0.25, 0.3) is 5.82 Å². The van der Waals surface area contributed by atoms with Gasteiger partial charge in [0.15, 0.2) is 5.65 Å². The highest BCUT2D eigenvalue weighted by molar-refractivity contribution is 5.65. The second-order valence-electron chi connectivity index (χ2n) is 4.95. The summed E-state index contributed by atoms with van der Waals surface area (Å²) in [7, 11) is 3.94. The van der Waals surface area contributed by atoms with Crippen LogP contribution >= 0.6 is 0 Å². The van der Waals surface area contributed by atoms with Gasteiger partial charge < -0.3 is 10.8 Å². The van der Waals surface area contributed by atoms with Gasteiger partial charge in [0, 0.05) is 11.3 Å². The lowest BCUT2D eigenvalue weighted by Gasteiger charge is -2.08. The van der Waals surface area contributed by atoms with E-state index in [2.05, 4.69) is 10.1 Å². The van der Waals surface area contributed by atoms with Crippen molar-refractivity contribution in [3.63, 3.8) is 0 Å². The van der Waals surface area contributed by atoms with Crippen molar-refractivity contribution in [3.8, 4) is 5.88 Å². The number of aromatic hydroxyl groups is 1. The number of aryl methyl sites for hydroxylation is 3. The van der Waals surface area contributed by atoms with Gasteiger partial charge in [-0.25, -0.2) is 14.1 Å². The first-order chi connectivity index (χ1) is 9.49. The van der Waals surface area contributed by atoms with Crippen LogP contribution in [0.1, 0.15) is 17.1 Å². The molecule has 0 spiro atoms. The van der Waals surface area contributed by atoms with Crippen LogP contribution in [0.15, 0.2) is 18.6 Å². The smallest absolute Gasteiger partial charge is 0.260 e. The lowest BCUT2D eigenvalue weighted by molar-refractivity contribution is -0.678. The fraction of sp³-hybridized carbons (Fsp3) is 0.308. The van der Waals surface area contributed by atoms with Gasteiger partial charge in [-0.15, -0.1) is 0 Å². The molecule has 0 amide bonds. The summed E-state index contributed by atoms with van der Waals surface area (Å²) in [5.41, 5.74) is 8.23. The molecule has 104 valence electrons. The van der Waals surface area contributed by atoms with Crippen molar-refractivity contribution in [1.82, 2.24) is 19.2 Å². The van der Waals surface area contributed by atoms with Crippen LogP contribution in [0.5, 0.6) is 5.88 Å². The van der Waals surface area contributed by atoms with Crippen LogP contribution < -0.4 is 10.3 Å². The first-order valence-corrected chi connectivity index (χ1v) is 6.30. The van der Waals surface area contributed by atoms with Crippen molar-refractivity contribution in [3.05, 3.63) is 35.7 Å². The number of imidazole rings is 1. The molecule has 0 bridgehead atoms. The van der Waals surface area contributed by atoms with Gasteiger partial charge in [-0.3, -0.25) is 0 Å². The van der Waals surface area contributed by atoms with Crippen molar-refractivity contribution >= 4 is 11.3 Å². The highest BCUT2D eigenvalue weighted by Gasteiger charge is 2.20. The molecule has 3 heterocycles. The molecule has 0 aromatic carbocycles. The number of hydrogen-bond acceptors (Lipinski definition) is 4. The number of nitrogen functional groups attached to an aromatic ring is 1. The zero-order valence-corrected chi connectivity index (χ0v) is 11.7. The second kappa shape index (κ2) is 4.22. The van der Waals surface area contributed by atoms with Crippen molar-refractivity contribution in [2.45, 2.75) is 13.3 Å². The number of rotatable bonds is 2. The summed E-state index contributed by atoms with van der Waals surface area (Å²) in [6.07, 6.45) is 6.01. The van der Waals surface area contributed by atoms with E-state index in [1.54, 1.807) is 0 Å². The largest absolute Gasteiger partial charge is 0.493 e. The van der Waals surface area contributed by atoms with Gasteiger partial charge in [0.1, 0.15) is 12.4 Å². The van der Waals surface area contributed by atoms with Crippen molar-refractivity contribution in [2.75, 3.05) is 5.73 Å². The first-order valence-electron chi connectivity index (χ1n) is 6.30. The third-order valence-electron chi connectivity index (χ3n) is 3.62. The third kappa shape index (κ3) is 1.70. The number of fused-ring (bicyclic) bond motifs is 1. The van der Waals surface area contributed by atoms with Crippen LogP contribution in [-0.4, -0.2) is 24.3 Å². The predicted molar refractivity (Wildman–Crippen MR) is 73.2 cm³/mol. The molecule has 0 saturated carbocycles. The van der Waals surface area contributed by atoms with Crippen LogP contribution in [-0.2, 0) is 20.5 Å². The maximum atomic E-state index is 10.4. The Balaban J connectivity index is 2.17. The minimum absolute atomic E-state index is 0.0883. The van der Waals surface area contributed by atoms with Gasteiger partial charge in [-0.1, -0.05) is 0 Å². The SMILES string of the molecule is Cc1nc2c(N)cnn2c(O)c1Cc1n(C)cc[n+]1C. The summed E-state index contributed by atoms with van der Waals surface area (Å²) in [5, 5.41) is 14.5. The van der Waals surface area contributed by atoms with Crippen LogP contribution in [0, 0.1) is 6.92 Å². The Labute approximate surface area is 115 Å². The summed E-state index contributed by atoms with van der Waals surface area (Å²) in [6, 6.07) is 0. The average molecular weight is 273 g/mol. The molecule has 3 rings (SSSR count). The van der Waals surface area contributed by atoms with E-state index in [4.69, 9.17) is 5.73 Å². The van der Waals surface area contributed by atoms with E-state index in [0.29, 0.717) is 17.8 Å². The van der Waals surface area contributed by atoms with Gasteiger partial charge in [-0.05, 0) is 6.92 Å². The highest BCUT2D eigenvalue weighted by atomic mass is 16.3. The Morgan fingerprint density at radius 2 is 2.20 bits per heavy atom. The van der Waals surface area contributed by atoms with E-state index in [1.165, 1.54) is 10.7 Å². The molecule has 0 aliphatic carbocycles. The van der Waals surface area contributed by atoms with E-state index in [1.807, 2.05) is 42.5 Å². The maximum Gasteiger partial charge on any atom is 0.260 e. The second-order valence-corrected chi connectivity index (χ2v) is 4.95. The molecule has 3 aromatic heterocycles. The molecule has 0 unspecified atom stereocenters. The molecule has 0 aliphatic rings. The van der Waals surface area contributed by atoms with E-state index < -0.39 is 0 Å². The Kier molecular flexibility index (Phi) is 2.63. The molecule has 3 N–H and O–H groups in total. The molecule has 3 aromatic rings. The maximum absolute atomic E-state index is 10.4. The zero-order chi connectivity index (χ0) is 14.4. The summed E-state index contributed by atoms with van der Waals surface area (Å²) in [6.45, 7) is 1.87. The summed E-state index contributed by atoms with van der Waals surface area (Å²) in [5.74, 6) is 1.15. The summed E-state index contributed by atoms with van der Waals surface area (Å²) in [4.78, 5) is 4.43. The van der Waals surface area contributed by atoms with E-state index in [0.717, 1.165) is 17.1 Å². The zero-order valence-electron chi connectivity index (χ0n) is 11.7. The number of aromatic nitrogens is 5. The Hall–Kier alpha value is -2.57. The molecular formula is C13H17N6O+. The molecule has 0 aliphatic heterocycles. The average Bonchev–Trinajstić information content (AvgIpc) is 2.91. The number of nitrogens with zero attached hydrogens (tertiary/aromatic N) is 5. The minimum atomic E-state index is 0.0883. The molecular weight excluding hydrogens is 256 g/mol. The lowest BCUT2D eigenvalue weighted by atomic mass is 10.1. The van der Waals surface area contributed by atoms with E-state index in [9.17, 15) is 5.11 Å². The van der Waals surface area contributed by atoms with Crippen molar-refractivity contribution < 1.29 is 9.67 Å². The van der Waals surface area contributed by atoms with Gasteiger partial charge in [0.2, 0.25) is 5.88 Å². The Morgan fingerprint density at radius 1 is 1.45 bits per heavy atom. The van der Waals surface area contributed by atoms with E-state index in [-0.39, 0.29) is 5.88 Å². The highest BCUT2D eigenvalue weighted by Crippen LogP contribution is 2.25. The van der Waals surface area contributed by atoms with Gasteiger partial charge >= 0.3 is 0 Å². The number of anilines is 1. The number of hydrogen-bond donors (Lipinski definition) is 2. The fourth-order valence-electron chi connectivity index (χ4n) is 2.37. The molecule has 7 heteroatoms. The van der Waals surface area contributed by atoms with Crippen molar-refractivity contribution in [2.24, 2.45) is 14.1 Å². The van der Waals surface area contributed by atoms with E-state index >= 15 is 0 Å². The quantitative estimate of drug-likeness (QED) is 0.647. The van der Waals surface area contributed by atoms with Crippen LogP contribution in [0.4, 0.5) is 5.69 Å². The molecule has 20 heavy (non-hydrogen) atoms. The third-order valence-corrected chi connectivity index (χ3v) is 3.62.